The van der Waals surface area contributed by atoms with Crippen molar-refractivity contribution in [2.24, 2.45) is 5.92 Å². The highest BCUT2D eigenvalue weighted by molar-refractivity contribution is 5.71. The van der Waals surface area contributed by atoms with Gasteiger partial charge in [-0.05, 0) is 24.3 Å². The Morgan fingerprint density at radius 2 is 2.05 bits per heavy atom. The van der Waals surface area contributed by atoms with Crippen molar-refractivity contribution in [1.29, 1.82) is 0 Å². The number of hydrogen-bond acceptors (Lipinski definition) is 3. The third-order valence-corrected chi connectivity index (χ3v) is 3.87. The van der Waals surface area contributed by atoms with Gasteiger partial charge in [0.1, 0.15) is 0 Å². The lowest BCUT2D eigenvalue weighted by molar-refractivity contribution is -0.143. The molecule has 0 aromatic heterocycles. The third-order valence-electron chi connectivity index (χ3n) is 3.87. The Hall–Kier alpha value is -1.61. The van der Waals surface area contributed by atoms with Gasteiger partial charge in [0, 0.05) is 12.6 Å². The van der Waals surface area contributed by atoms with Crippen LogP contribution in [0.2, 0.25) is 0 Å². The van der Waals surface area contributed by atoms with Gasteiger partial charge in [-0.1, -0.05) is 50.3 Å². The number of allylic oxidation sites excluding steroid dienone is 1. The molecule has 0 aliphatic carbocycles. The van der Waals surface area contributed by atoms with Crippen LogP contribution in [0.3, 0.4) is 0 Å². The van der Waals surface area contributed by atoms with Gasteiger partial charge in [-0.3, -0.25) is 9.69 Å². The summed E-state index contributed by atoms with van der Waals surface area (Å²) >= 11 is 0. The Balaban J connectivity index is 2.88. The molecular formula is C18H27NO2. The number of nitrogens with zero attached hydrogens (tertiary/aromatic N) is 1. The van der Waals surface area contributed by atoms with Crippen molar-refractivity contribution in [1.82, 2.24) is 4.90 Å². The zero-order valence-corrected chi connectivity index (χ0v) is 13.4. The number of benzene rings is 1. The molecule has 0 amide bonds. The smallest absolute Gasteiger partial charge is 0.319 e. The van der Waals surface area contributed by atoms with E-state index in [0.717, 1.165) is 19.4 Å². The average molecular weight is 289 g/mol. The maximum absolute atomic E-state index is 11.7. The Bertz CT molecular complexity index is 430. The summed E-state index contributed by atoms with van der Waals surface area (Å²) in [6.07, 6.45) is 3.90. The topological polar surface area (TPSA) is 29.5 Å². The minimum atomic E-state index is -0.185. The second-order valence-corrected chi connectivity index (χ2v) is 5.44. The molecule has 0 fully saturated rings. The maximum atomic E-state index is 11.7. The Morgan fingerprint density at radius 1 is 1.38 bits per heavy atom. The molecular weight excluding hydrogens is 262 g/mol. The fraction of sp³-hybridized carbons (Fsp3) is 0.500. The number of carbonyl (C=O) groups excluding carboxylic acids is 1. The molecule has 3 heteroatoms. The third kappa shape index (κ3) is 5.72. The molecule has 0 saturated carbocycles. The standard InChI is InChI=1S/C18H27NO2/c1-5-10-15(3)17(6-2)19(14-18(20)21-4)13-16-11-8-7-9-12-16/h5,7-9,11-12,15,17H,1,6,10,13-14H2,2-4H3/t15-,17-/m0/s1. The van der Waals surface area contributed by atoms with E-state index < -0.39 is 0 Å². The van der Waals surface area contributed by atoms with Gasteiger partial charge < -0.3 is 4.74 Å². The minimum Gasteiger partial charge on any atom is -0.468 e. The molecule has 0 aliphatic heterocycles. The zero-order valence-electron chi connectivity index (χ0n) is 13.4. The normalized spacial score (nSPS) is 13.7. The second kappa shape index (κ2) is 9.35. The highest BCUT2D eigenvalue weighted by atomic mass is 16.5. The van der Waals surface area contributed by atoms with Crippen LogP contribution in [0.4, 0.5) is 0 Å². The molecule has 3 nitrogen and oxygen atoms in total. The molecule has 1 aromatic carbocycles. The quantitative estimate of drug-likeness (QED) is 0.513. The molecule has 0 unspecified atom stereocenters. The monoisotopic (exact) mass is 289 g/mol. The molecule has 1 aromatic rings. The Morgan fingerprint density at radius 3 is 2.57 bits per heavy atom. The fourth-order valence-electron chi connectivity index (χ4n) is 2.78. The van der Waals surface area contributed by atoms with Crippen LogP contribution in [0, 0.1) is 5.92 Å². The molecule has 21 heavy (non-hydrogen) atoms. The first-order valence-corrected chi connectivity index (χ1v) is 7.58. The molecule has 2 atom stereocenters. The minimum absolute atomic E-state index is 0.185. The van der Waals surface area contributed by atoms with E-state index in [1.54, 1.807) is 0 Å². The predicted molar refractivity (Wildman–Crippen MR) is 86.9 cm³/mol. The van der Waals surface area contributed by atoms with E-state index in [4.69, 9.17) is 4.74 Å². The zero-order chi connectivity index (χ0) is 15.7. The van der Waals surface area contributed by atoms with Crippen molar-refractivity contribution in [3.05, 3.63) is 48.6 Å². The molecule has 1 rings (SSSR count). The van der Waals surface area contributed by atoms with E-state index in [1.807, 2.05) is 24.3 Å². The van der Waals surface area contributed by atoms with Gasteiger partial charge in [0.05, 0.1) is 13.7 Å². The highest BCUT2D eigenvalue weighted by Crippen LogP contribution is 2.21. The molecule has 116 valence electrons. The van der Waals surface area contributed by atoms with Crippen molar-refractivity contribution in [3.63, 3.8) is 0 Å². The van der Waals surface area contributed by atoms with Gasteiger partial charge in [0.15, 0.2) is 0 Å². The number of ether oxygens (including phenoxy) is 1. The summed E-state index contributed by atoms with van der Waals surface area (Å²) < 4.78 is 4.85. The molecule has 0 spiro atoms. The van der Waals surface area contributed by atoms with Crippen molar-refractivity contribution in [3.8, 4) is 0 Å². The summed E-state index contributed by atoms with van der Waals surface area (Å²) in [5, 5.41) is 0. The molecule has 0 radical (unpaired) electrons. The van der Waals surface area contributed by atoms with Crippen molar-refractivity contribution < 1.29 is 9.53 Å². The summed E-state index contributed by atoms with van der Waals surface area (Å²) in [5.41, 5.74) is 1.21. The fourth-order valence-corrected chi connectivity index (χ4v) is 2.78. The van der Waals surface area contributed by atoms with E-state index in [-0.39, 0.29) is 5.97 Å². The van der Waals surface area contributed by atoms with Gasteiger partial charge >= 0.3 is 5.97 Å². The van der Waals surface area contributed by atoms with Crippen LogP contribution in [0.25, 0.3) is 0 Å². The maximum Gasteiger partial charge on any atom is 0.319 e. The van der Waals surface area contributed by atoms with Gasteiger partial charge in [-0.25, -0.2) is 0 Å². The van der Waals surface area contributed by atoms with E-state index in [1.165, 1.54) is 12.7 Å². The van der Waals surface area contributed by atoms with Gasteiger partial charge in [-0.2, -0.15) is 0 Å². The first kappa shape index (κ1) is 17.4. The van der Waals surface area contributed by atoms with Crippen LogP contribution < -0.4 is 0 Å². The van der Waals surface area contributed by atoms with Gasteiger partial charge in [0.2, 0.25) is 0 Å². The van der Waals surface area contributed by atoms with Crippen LogP contribution in [0.5, 0.6) is 0 Å². The van der Waals surface area contributed by atoms with E-state index in [0.29, 0.717) is 18.5 Å². The number of rotatable bonds is 9. The van der Waals surface area contributed by atoms with Crippen molar-refractivity contribution in [2.75, 3.05) is 13.7 Å². The van der Waals surface area contributed by atoms with Crippen LogP contribution in [-0.4, -0.2) is 30.6 Å². The SMILES string of the molecule is C=CC[C@H](C)[C@H](CC)N(CC(=O)OC)Cc1ccccc1. The molecule has 0 aliphatic rings. The Kier molecular flexibility index (Phi) is 7.76. The van der Waals surface area contributed by atoms with Gasteiger partial charge in [-0.15, -0.1) is 6.58 Å². The largest absolute Gasteiger partial charge is 0.468 e. The number of esters is 1. The molecule has 0 N–H and O–H groups in total. The number of hydrogen-bond donors (Lipinski definition) is 0. The van der Waals surface area contributed by atoms with Crippen molar-refractivity contribution >= 4 is 5.97 Å². The molecule has 0 saturated heterocycles. The number of carbonyl (C=O) groups is 1. The van der Waals surface area contributed by atoms with E-state index in [2.05, 4.69) is 37.5 Å². The molecule has 0 bridgehead atoms. The van der Waals surface area contributed by atoms with Crippen LogP contribution in [0.15, 0.2) is 43.0 Å². The number of methoxy groups -OCH3 is 1. The second-order valence-electron chi connectivity index (χ2n) is 5.44. The first-order valence-electron chi connectivity index (χ1n) is 7.58. The van der Waals surface area contributed by atoms with Crippen LogP contribution >= 0.6 is 0 Å². The van der Waals surface area contributed by atoms with Crippen LogP contribution in [0.1, 0.15) is 32.3 Å². The van der Waals surface area contributed by atoms with E-state index in [9.17, 15) is 4.79 Å². The predicted octanol–water partition coefficient (Wildman–Crippen LogP) is 3.65. The summed E-state index contributed by atoms with van der Waals surface area (Å²) in [5.74, 6) is 0.274. The lowest BCUT2D eigenvalue weighted by Crippen LogP contribution is -2.42. The summed E-state index contributed by atoms with van der Waals surface area (Å²) in [6, 6.07) is 10.6. The lowest BCUT2D eigenvalue weighted by atomic mass is 9.94. The Labute approximate surface area is 128 Å². The van der Waals surface area contributed by atoms with Crippen molar-refractivity contribution in [2.45, 2.75) is 39.3 Å². The van der Waals surface area contributed by atoms with Gasteiger partial charge in [0.25, 0.3) is 0 Å². The summed E-state index contributed by atoms with van der Waals surface area (Å²) in [7, 11) is 1.44. The molecule has 0 heterocycles. The van der Waals surface area contributed by atoms with Crippen LogP contribution in [-0.2, 0) is 16.1 Å². The first-order chi connectivity index (χ1) is 10.1. The summed E-state index contributed by atoms with van der Waals surface area (Å²) in [4.78, 5) is 13.9. The van der Waals surface area contributed by atoms with E-state index >= 15 is 0 Å². The summed E-state index contributed by atoms with van der Waals surface area (Å²) in [6.45, 7) is 9.29. The lowest BCUT2D eigenvalue weighted by Gasteiger charge is -2.34. The highest BCUT2D eigenvalue weighted by Gasteiger charge is 2.24. The average Bonchev–Trinajstić information content (AvgIpc) is 2.49.